The normalized spacial score (nSPS) is 18.3. The van der Waals surface area contributed by atoms with Gasteiger partial charge in [0.25, 0.3) is 0 Å². The van der Waals surface area contributed by atoms with Crippen molar-refractivity contribution in [1.82, 2.24) is 9.62 Å². The molecule has 0 spiro atoms. The second-order valence-electron chi connectivity index (χ2n) is 7.77. The van der Waals surface area contributed by atoms with Gasteiger partial charge in [-0.25, -0.2) is 13.1 Å². The summed E-state index contributed by atoms with van der Waals surface area (Å²) in [6.07, 6.45) is 3.71. The smallest absolute Gasteiger partial charge is 0.240 e. The number of likely N-dealkylation sites (tertiary alicyclic amines) is 1. The summed E-state index contributed by atoms with van der Waals surface area (Å²) < 4.78 is 27.1. The van der Waals surface area contributed by atoms with Crippen LogP contribution in [0.4, 0.5) is 0 Å². The molecule has 1 aliphatic rings. The lowest BCUT2D eigenvalue weighted by atomic mass is 10.0. The van der Waals surface area contributed by atoms with Crippen molar-refractivity contribution in [2.24, 2.45) is 0 Å². The van der Waals surface area contributed by atoms with Crippen molar-refractivity contribution < 1.29 is 8.42 Å². The quantitative estimate of drug-likeness (QED) is 0.780. The van der Waals surface area contributed by atoms with Crippen LogP contribution in [0.25, 0.3) is 11.1 Å². The number of nitrogens with one attached hydrogen (secondary N) is 1. The molecular weight excluding hydrogens is 356 g/mol. The lowest BCUT2D eigenvalue weighted by molar-refractivity contribution is 0.272. The summed E-state index contributed by atoms with van der Waals surface area (Å²) in [5.74, 6) is 0. The molecule has 1 saturated heterocycles. The van der Waals surface area contributed by atoms with Crippen LogP contribution in [0.2, 0.25) is 0 Å². The van der Waals surface area contributed by atoms with E-state index in [2.05, 4.69) is 40.8 Å². The van der Waals surface area contributed by atoms with Crippen LogP contribution in [0.3, 0.4) is 0 Å². The van der Waals surface area contributed by atoms with Crippen LogP contribution in [0.15, 0.2) is 53.4 Å². The Morgan fingerprint density at radius 2 is 1.63 bits per heavy atom. The molecule has 3 rings (SSSR count). The molecule has 0 aliphatic carbocycles. The molecule has 1 aliphatic heterocycles. The molecule has 1 unspecified atom stereocenters. The van der Waals surface area contributed by atoms with Gasteiger partial charge in [0.1, 0.15) is 0 Å². The van der Waals surface area contributed by atoms with Gasteiger partial charge in [-0.05, 0) is 75.4 Å². The van der Waals surface area contributed by atoms with Crippen molar-refractivity contribution >= 4 is 10.0 Å². The van der Waals surface area contributed by atoms with E-state index in [4.69, 9.17) is 0 Å². The van der Waals surface area contributed by atoms with E-state index in [0.29, 0.717) is 10.9 Å². The maximum absolute atomic E-state index is 12.2. The van der Waals surface area contributed by atoms with Crippen LogP contribution in [-0.2, 0) is 16.4 Å². The van der Waals surface area contributed by atoms with Crippen LogP contribution in [0.1, 0.15) is 39.2 Å². The van der Waals surface area contributed by atoms with Crippen molar-refractivity contribution in [1.29, 1.82) is 0 Å². The molecule has 0 aromatic heterocycles. The fourth-order valence-electron chi connectivity index (χ4n) is 3.67. The van der Waals surface area contributed by atoms with Gasteiger partial charge in [0, 0.05) is 18.6 Å². The van der Waals surface area contributed by atoms with Crippen LogP contribution in [-0.4, -0.2) is 38.5 Å². The van der Waals surface area contributed by atoms with E-state index >= 15 is 0 Å². The Balaban J connectivity index is 1.64. The molecule has 2 aromatic rings. The zero-order valence-corrected chi connectivity index (χ0v) is 17.3. The van der Waals surface area contributed by atoms with Gasteiger partial charge in [0.05, 0.1) is 4.90 Å². The minimum absolute atomic E-state index is 0.120. The topological polar surface area (TPSA) is 49.4 Å². The molecular formula is C22H30N2O2S. The number of sulfonamides is 1. The van der Waals surface area contributed by atoms with Crippen molar-refractivity contribution in [2.45, 2.75) is 57.0 Å². The third-order valence-electron chi connectivity index (χ3n) is 5.22. The Kier molecular flexibility index (Phi) is 6.35. The monoisotopic (exact) mass is 386 g/mol. The molecule has 2 aromatic carbocycles. The van der Waals surface area contributed by atoms with Crippen molar-refractivity contribution in [3.8, 4) is 11.1 Å². The third kappa shape index (κ3) is 5.18. The minimum Gasteiger partial charge on any atom is -0.300 e. The molecule has 1 heterocycles. The highest BCUT2D eigenvalue weighted by Gasteiger charge is 2.19. The van der Waals surface area contributed by atoms with E-state index in [0.717, 1.165) is 24.1 Å². The van der Waals surface area contributed by atoms with Crippen molar-refractivity contribution in [3.05, 3.63) is 54.1 Å². The Morgan fingerprint density at radius 3 is 2.15 bits per heavy atom. The van der Waals surface area contributed by atoms with Gasteiger partial charge in [-0.2, -0.15) is 0 Å². The number of hydrogen-bond acceptors (Lipinski definition) is 3. The van der Waals surface area contributed by atoms with Crippen molar-refractivity contribution in [3.63, 3.8) is 0 Å². The number of hydrogen-bond donors (Lipinski definition) is 1. The first-order valence-electron chi connectivity index (χ1n) is 9.81. The van der Waals surface area contributed by atoms with E-state index in [-0.39, 0.29) is 6.04 Å². The van der Waals surface area contributed by atoms with Gasteiger partial charge in [0.15, 0.2) is 0 Å². The molecule has 0 bridgehead atoms. The Hall–Kier alpha value is -1.69. The van der Waals surface area contributed by atoms with E-state index in [1.165, 1.54) is 24.9 Å². The SMILES string of the molecule is CC(C)NS(=O)(=O)c1ccc(-c2ccc(CCN3CCCC3C)cc2)cc1. The molecule has 0 radical (unpaired) electrons. The third-order valence-corrected chi connectivity index (χ3v) is 6.90. The van der Waals surface area contributed by atoms with Gasteiger partial charge >= 0.3 is 0 Å². The highest BCUT2D eigenvalue weighted by molar-refractivity contribution is 7.89. The summed E-state index contributed by atoms with van der Waals surface area (Å²) in [5.41, 5.74) is 3.48. The Morgan fingerprint density at radius 1 is 1.04 bits per heavy atom. The first kappa shape index (κ1) is 20.1. The standard InChI is InChI=1S/C22H30N2O2S/c1-17(2)23-27(25,26)22-12-10-21(11-13-22)20-8-6-19(7-9-20)14-16-24-15-4-5-18(24)3/h6-13,17-18,23H,4-5,14-16H2,1-3H3. The lowest BCUT2D eigenvalue weighted by Crippen LogP contribution is -2.30. The second-order valence-corrected chi connectivity index (χ2v) is 9.49. The zero-order chi connectivity index (χ0) is 19.4. The number of benzene rings is 2. The second kappa shape index (κ2) is 8.55. The van der Waals surface area contributed by atoms with Crippen LogP contribution in [0, 0.1) is 0 Å². The molecule has 27 heavy (non-hydrogen) atoms. The lowest BCUT2D eigenvalue weighted by Gasteiger charge is -2.20. The first-order chi connectivity index (χ1) is 12.8. The predicted octanol–water partition coefficient (Wildman–Crippen LogP) is 4.07. The van der Waals surface area contributed by atoms with Gasteiger partial charge < -0.3 is 4.90 Å². The van der Waals surface area contributed by atoms with E-state index in [1.807, 2.05) is 26.0 Å². The molecule has 0 saturated carbocycles. The Bertz CT molecular complexity index is 843. The Labute approximate surface area is 163 Å². The number of rotatable bonds is 7. The van der Waals surface area contributed by atoms with Crippen molar-refractivity contribution in [2.75, 3.05) is 13.1 Å². The van der Waals surface area contributed by atoms with Crippen LogP contribution < -0.4 is 4.72 Å². The first-order valence-corrected chi connectivity index (χ1v) is 11.3. The summed E-state index contributed by atoms with van der Waals surface area (Å²) in [7, 11) is -3.44. The molecule has 5 heteroatoms. The van der Waals surface area contributed by atoms with Gasteiger partial charge in [0.2, 0.25) is 10.0 Å². The predicted molar refractivity (Wildman–Crippen MR) is 111 cm³/mol. The van der Waals surface area contributed by atoms with E-state index in [1.54, 1.807) is 12.1 Å². The molecule has 1 N–H and O–H groups in total. The summed E-state index contributed by atoms with van der Waals surface area (Å²) in [5, 5.41) is 0. The molecule has 1 fully saturated rings. The highest BCUT2D eigenvalue weighted by Crippen LogP contribution is 2.23. The van der Waals surface area contributed by atoms with Crippen LogP contribution >= 0.6 is 0 Å². The molecule has 146 valence electrons. The molecule has 1 atom stereocenters. The fourth-order valence-corrected chi connectivity index (χ4v) is 4.92. The molecule has 0 amide bonds. The fraction of sp³-hybridized carbons (Fsp3) is 0.455. The summed E-state index contributed by atoms with van der Waals surface area (Å²) in [6.45, 7) is 8.29. The molecule has 4 nitrogen and oxygen atoms in total. The van der Waals surface area contributed by atoms with E-state index in [9.17, 15) is 8.42 Å². The highest BCUT2D eigenvalue weighted by atomic mass is 32.2. The number of nitrogens with zero attached hydrogens (tertiary/aromatic N) is 1. The summed E-state index contributed by atoms with van der Waals surface area (Å²) >= 11 is 0. The maximum atomic E-state index is 12.2. The largest absolute Gasteiger partial charge is 0.300 e. The maximum Gasteiger partial charge on any atom is 0.240 e. The van der Waals surface area contributed by atoms with Gasteiger partial charge in [-0.3, -0.25) is 0 Å². The van der Waals surface area contributed by atoms with E-state index < -0.39 is 10.0 Å². The average molecular weight is 387 g/mol. The zero-order valence-electron chi connectivity index (χ0n) is 16.5. The van der Waals surface area contributed by atoms with Gasteiger partial charge in [-0.1, -0.05) is 36.4 Å². The van der Waals surface area contributed by atoms with Gasteiger partial charge in [-0.15, -0.1) is 0 Å². The van der Waals surface area contributed by atoms with Crippen LogP contribution in [0.5, 0.6) is 0 Å². The summed E-state index contributed by atoms with van der Waals surface area (Å²) in [6, 6.07) is 16.3. The minimum atomic E-state index is -3.44. The average Bonchev–Trinajstić information content (AvgIpc) is 3.04. The summed E-state index contributed by atoms with van der Waals surface area (Å²) in [4.78, 5) is 2.87.